The zero-order valence-electron chi connectivity index (χ0n) is 13.3. The van der Waals surface area contributed by atoms with Crippen molar-refractivity contribution < 1.29 is 15.0 Å². The Labute approximate surface area is 156 Å². The summed E-state index contributed by atoms with van der Waals surface area (Å²) in [6, 6.07) is 11.7. The van der Waals surface area contributed by atoms with Crippen LogP contribution in [0.1, 0.15) is 17.3 Å². The molecule has 1 heterocycles. The summed E-state index contributed by atoms with van der Waals surface area (Å²) in [5, 5.41) is 21.1. The number of benzene rings is 2. The number of carboxylic acid groups (broad SMARTS) is 1. The summed E-state index contributed by atoms with van der Waals surface area (Å²) in [6.45, 7) is 2.70. The fourth-order valence-electron chi connectivity index (χ4n) is 2.44. The summed E-state index contributed by atoms with van der Waals surface area (Å²) < 4.78 is 2.90. The van der Waals surface area contributed by atoms with Crippen molar-refractivity contribution >= 4 is 38.9 Å². The van der Waals surface area contributed by atoms with Gasteiger partial charge in [0.2, 0.25) is 0 Å². The number of hydrogen-bond donors (Lipinski definition) is 2. The van der Waals surface area contributed by atoms with Gasteiger partial charge in [0.1, 0.15) is 5.75 Å². The molecule has 3 rings (SSSR count). The lowest BCUT2D eigenvalue weighted by Crippen LogP contribution is -2.14. The monoisotopic (exact) mass is 418 g/mol. The van der Waals surface area contributed by atoms with Crippen LogP contribution in [0.4, 0.5) is 5.69 Å². The van der Waals surface area contributed by atoms with Crippen LogP contribution >= 0.6 is 27.3 Å². The lowest BCUT2D eigenvalue weighted by atomic mass is 10.1. The van der Waals surface area contributed by atoms with Crippen molar-refractivity contribution in [1.29, 1.82) is 0 Å². The Hall–Kier alpha value is -2.38. The smallest absolute Gasteiger partial charge is 0.335 e. The highest BCUT2D eigenvalue weighted by Crippen LogP contribution is 2.32. The molecule has 0 aliphatic carbocycles. The molecule has 7 heteroatoms. The highest BCUT2D eigenvalue weighted by molar-refractivity contribution is 9.10. The third-order valence-electron chi connectivity index (χ3n) is 3.69. The lowest BCUT2D eigenvalue weighted by Gasteiger charge is -2.08. The van der Waals surface area contributed by atoms with Gasteiger partial charge in [0, 0.05) is 22.0 Å². The minimum Gasteiger partial charge on any atom is -0.507 e. The average Bonchev–Trinajstić information content (AvgIpc) is 3.00. The van der Waals surface area contributed by atoms with Crippen LogP contribution in [0.5, 0.6) is 5.75 Å². The second-order valence-corrected chi connectivity index (χ2v) is 7.03. The molecule has 0 saturated heterocycles. The molecule has 0 unspecified atom stereocenters. The topological polar surface area (TPSA) is 74.8 Å². The van der Waals surface area contributed by atoms with E-state index in [0.717, 1.165) is 20.5 Å². The van der Waals surface area contributed by atoms with Gasteiger partial charge in [0.25, 0.3) is 0 Å². The average molecular weight is 419 g/mol. The number of halogens is 1. The molecule has 2 N–H and O–H groups in total. The van der Waals surface area contributed by atoms with Crippen molar-refractivity contribution in [3.05, 3.63) is 62.7 Å². The third-order valence-corrected chi connectivity index (χ3v) is 5.04. The number of thiazole rings is 1. The van der Waals surface area contributed by atoms with Crippen LogP contribution in [-0.2, 0) is 6.54 Å². The number of aromatic carboxylic acids is 1. The Balaban J connectivity index is 2.08. The molecule has 0 radical (unpaired) electrons. The molecular formula is C18H15BrN2O3S. The molecule has 0 amide bonds. The quantitative estimate of drug-likeness (QED) is 0.647. The second kappa shape index (κ2) is 7.25. The van der Waals surface area contributed by atoms with Crippen LogP contribution in [0.2, 0.25) is 0 Å². The standard InChI is InChI=1S/C18H15BrN2O3S/c1-2-21-15(14-9-12(19)5-8-16(14)22)10-25-18(21)20-13-6-3-11(4-7-13)17(23)24/h3-10,22H,2H2,1H3,(H,23,24). The van der Waals surface area contributed by atoms with Gasteiger partial charge in [-0.25, -0.2) is 9.79 Å². The van der Waals surface area contributed by atoms with Crippen LogP contribution in [0.15, 0.2) is 57.3 Å². The van der Waals surface area contributed by atoms with Gasteiger partial charge in [0.15, 0.2) is 4.80 Å². The van der Waals surface area contributed by atoms with E-state index in [1.807, 2.05) is 22.9 Å². The van der Waals surface area contributed by atoms with Crippen molar-refractivity contribution in [2.45, 2.75) is 13.5 Å². The number of nitrogens with zero attached hydrogens (tertiary/aromatic N) is 2. The van der Waals surface area contributed by atoms with Gasteiger partial charge < -0.3 is 14.8 Å². The predicted molar refractivity (Wildman–Crippen MR) is 101 cm³/mol. The Morgan fingerprint density at radius 2 is 1.96 bits per heavy atom. The number of aromatic nitrogens is 1. The zero-order chi connectivity index (χ0) is 18.0. The number of phenols is 1. The SMILES string of the molecule is CCn1c(-c2cc(Br)ccc2O)csc1=Nc1ccc(C(=O)O)cc1. The van der Waals surface area contributed by atoms with E-state index in [1.165, 1.54) is 23.5 Å². The van der Waals surface area contributed by atoms with E-state index in [0.29, 0.717) is 12.2 Å². The molecule has 0 fully saturated rings. The number of aromatic hydroxyl groups is 1. The first kappa shape index (κ1) is 17.4. The van der Waals surface area contributed by atoms with Gasteiger partial charge in [0.05, 0.1) is 16.9 Å². The summed E-state index contributed by atoms with van der Waals surface area (Å²) in [5.74, 6) is -0.751. The molecule has 0 spiro atoms. The van der Waals surface area contributed by atoms with Crippen LogP contribution < -0.4 is 4.80 Å². The van der Waals surface area contributed by atoms with Crippen LogP contribution in [0, 0.1) is 0 Å². The number of phenolic OH excluding ortho intramolecular Hbond substituents is 1. The van der Waals surface area contributed by atoms with Gasteiger partial charge in [-0.15, -0.1) is 11.3 Å². The van der Waals surface area contributed by atoms with Crippen molar-refractivity contribution in [2.75, 3.05) is 0 Å². The minimum atomic E-state index is -0.960. The normalized spacial score (nSPS) is 11.7. The molecule has 3 aromatic rings. The van der Waals surface area contributed by atoms with Gasteiger partial charge in [-0.2, -0.15) is 0 Å². The molecule has 0 bridgehead atoms. The van der Waals surface area contributed by atoms with Gasteiger partial charge >= 0.3 is 5.97 Å². The van der Waals surface area contributed by atoms with E-state index >= 15 is 0 Å². The Morgan fingerprint density at radius 3 is 2.60 bits per heavy atom. The highest BCUT2D eigenvalue weighted by Gasteiger charge is 2.11. The number of carboxylic acids is 1. The maximum atomic E-state index is 10.9. The molecule has 0 saturated carbocycles. The van der Waals surface area contributed by atoms with E-state index in [-0.39, 0.29) is 11.3 Å². The van der Waals surface area contributed by atoms with E-state index < -0.39 is 5.97 Å². The van der Waals surface area contributed by atoms with Crippen molar-refractivity contribution in [1.82, 2.24) is 4.57 Å². The van der Waals surface area contributed by atoms with Crippen molar-refractivity contribution in [3.63, 3.8) is 0 Å². The van der Waals surface area contributed by atoms with Crippen LogP contribution in [0.3, 0.4) is 0 Å². The molecule has 128 valence electrons. The van der Waals surface area contributed by atoms with Crippen molar-refractivity contribution in [2.24, 2.45) is 4.99 Å². The Bertz CT molecular complexity index is 990. The van der Waals surface area contributed by atoms with Crippen LogP contribution in [0.25, 0.3) is 11.3 Å². The molecule has 0 aliphatic rings. The van der Waals surface area contributed by atoms with E-state index in [1.54, 1.807) is 24.3 Å². The largest absolute Gasteiger partial charge is 0.507 e. The third kappa shape index (κ3) is 3.67. The summed E-state index contributed by atoms with van der Waals surface area (Å²) in [7, 11) is 0. The molecular weight excluding hydrogens is 404 g/mol. The number of hydrogen-bond acceptors (Lipinski definition) is 4. The number of carbonyl (C=O) groups is 1. The molecule has 0 atom stereocenters. The summed E-state index contributed by atoms with van der Waals surface area (Å²) in [4.78, 5) is 16.3. The van der Waals surface area contributed by atoms with Crippen molar-refractivity contribution in [3.8, 4) is 17.0 Å². The second-order valence-electron chi connectivity index (χ2n) is 5.27. The summed E-state index contributed by atoms with van der Waals surface area (Å²) in [5.41, 5.74) is 2.52. The molecule has 1 aromatic heterocycles. The minimum absolute atomic E-state index is 0.209. The van der Waals surface area contributed by atoms with E-state index in [4.69, 9.17) is 5.11 Å². The van der Waals surface area contributed by atoms with Gasteiger partial charge in [-0.3, -0.25) is 0 Å². The summed E-state index contributed by atoms with van der Waals surface area (Å²) in [6.07, 6.45) is 0. The zero-order valence-corrected chi connectivity index (χ0v) is 15.7. The first-order valence-corrected chi connectivity index (χ1v) is 9.22. The first-order valence-electron chi connectivity index (χ1n) is 7.55. The number of rotatable bonds is 4. The Kier molecular flexibility index (Phi) is 5.06. The maximum absolute atomic E-state index is 10.9. The molecule has 5 nitrogen and oxygen atoms in total. The predicted octanol–water partition coefficient (Wildman–Crippen LogP) is 4.64. The van der Waals surface area contributed by atoms with Gasteiger partial charge in [-0.05, 0) is 49.4 Å². The molecule has 2 aromatic carbocycles. The lowest BCUT2D eigenvalue weighted by molar-refractivity contribution is 0.0697. The van der Waals surface area contributed by atoms with E-state index in [2.05, 4.69) is 20.9 Å². The van der Waals surface area contributed by atoms with E-state index in [9.17, 15) is 9.90 Å². The maximum Gasteiger partial charge on any atom is 0.335 e. The fourth-order valence-corrected chi connectivity index (χ4v) is 3.79. The molecule has 0 aliphatic heterocycles. The first-order chi connectivity index (χ1) is 12.0. The Morgan fingerprint density at radius 1 is 1.24 bits per heavy atom. The van der Waals surface area contributed by atoms with Crippen LogP contribution in [-0.4, -0.2) is 20.7 Å². The fraction of sp³-hybridized carbons (Fsp3) is 0.111. The summed E-state index contributed by atoms with van der Waals surface area (Å²) >= 11 is 4.90. The van der Waals surface area contributed by atoms with Gasteiger partial charge in [-0.1, -0.05) is 15.9 Å². The molecule has 25 heavy (non-hydrogen) atoms. The highest BCUT2D eigenvalue weighted by atomic mass is 79.9.